The van der Waals surface area contributed by atoms with Crippen LogP contribution in [0.1, 0.15) is 47.2 Å². The molecule has 1 aromatic heterocycles. The van der Waals surface area contributed by atoms with Crippen LogP contribution in [-0.2, 0) is 64.9 Å². The Hall–Kier alpha value is -6.36. The van der Waals surface area contributed by atoms with Crippen molar-refractivity contribution in [3.8, 4) is 0 Å². The molecule has 0 radical (unpaired) electrons. The molecule has 15 nitrogen and oxygen atoms in total. The van der Waals surface area contributed by atoms with E-state index in [1.807, 2.05) is 73.7 Å². The Bertz CT molecular complexity index is 2240. The first kappa shape index (κ1) is 44.7. The predicted octanol–water partition coefficient (Wildman–Crippen LogP) is 4.32. The number of benzene rings is 4. The van der Waals surface area contributed by atoms with Gasteiger partial charge in [-0.2, -0.15) is 0 Å². The first-order valence-corrected chi connectivity index (χ1v) is 20.9. The zero-order valence-electron chi connectivity index (χ0n) is 33.3. The van der Waals surface area contributed by atoms with Crippen molar-refractivity contribution >= 4 is 33.9 Å². The highest BCUT2D eigenvalue weighted by molar-refractivity contribution is 7.90. The molecule has 1 heterocycles. The molecule has 0 aliphatic heterocycles. The second-order valence-electron chi connectivity index (χ2n) is 14.0. The number of esters is 1. The third-order valence-electron chi connectivity index (χ3n) is 9.23. The maximum absolute atomic E-state index is 14.1. The van der Waals surface area contributed by atoms with Crippen LogP contribution in [0.5, 0.6) is 0 Å². The fourth-order valence-electron chi connectivity index (χ4n) is 5.85. The predicted molar refractivity (Wildman–Crippen MR) is 222 cm³/mol. The number of nitrogens with two attached hydrogens (primary N) is 1. The van der Waals surface area contributed by atoms with Gasteiger partial charge in [-0.3, -0.25) is 9.59 Å². The summed E-state index contributed by atoms with van der Waals surface area (Å²) in [4.78, 5) is 57.6. The molecule has 60 heavy (non-hydrogen) atoms. The number of amides is 3. The molecule has 316 valence electrons. The number of rotatable bonds is 22. The van der Waals surface area contributed by atoms with Crippen molar-refractivity contribution in [3.05, 3.63) is 156 Å². The minimum Gasteiger partial charge on any atom is -0.459 e. The highest BCUT2D eigenvalue weighted by Crippen LogP contribution is 2.16. The number of nitrogens with zero attached hydrogens (tertiary/aromatic N) is 2. The number of ether oxygens (including phenoxy) is 3. The molecule has 0 aliphatic rings. The van der Waals surface area contributed by atoms with E-state index in [1.165, 1.54) is 18.3 Å². The molecular formula is C44H50N6O9S. The molecule has 5 N–H and O–H groups in total. The molecule has 3 amide bonds. The standard InChI is InChI=1S/C44H50N6O9S/c1-32-20-22-37(23-21-32)60(55,56)50-26-36(47-31-50)25-40(49-41(51)38(45)30-57-27-33-13-5-2-6-14-33)42(52)48-39(43(53)58-28-34-15-7-3-8-16-34)19-11-12-24-46-44(54)59-29-35-17-9-4-10-18-35/h2-10,13-18,20-23,26,31,38-40H,11-12,19,24-25,27-30,45H2,1H3,(H,46,54)(H,48,52)(H,49,51)/t38-,39-,40-/m0/s1. The Balaban J connectivity index is 1.27. The quantitative estimate of drug-likeness (QED) is 0.0570. The summed E-state index contributed by atoms with van der Waals surface area (Å²) in [5.74, 6) is -2.20. The first-order valence-electron chi connectivity index (χ1n) is 19.5. The van der Waals surface area contributed by atoms with Gasteiger partial charge in [0, 0.05) is 19.2 Å². The van der Waals surface area contributed by atoms with Gasteiger partial charge >= 0.3 is 12.1 Å². The van der Waals surface area contributed by atoms with Crippen molar-refractivity contribution in [3.63, 3.8) is 0 Å². The Morgan fingerprint density at radius 2 is 1.28 bits per heavy atom. The van der Waals surface area contributed by atoms with Crippen LogP contribution in [-0.4, -0.2) is 72.5 Å². The first-order chi connectivity index (χ1) is 29.0. The van der Waals surface area contributed by atoms with Crippen LogP contribution >= 0.6 is 0 Å². The van der Waals surface area contributed by atoms with E-state index in [2.05, 4.69) is 20.9 Å². The number of carbonyl (C=O) groups is 4. The van der Waals surface area contributed by atoms with Gasteiger partial charge in [-0.05, 0) is 55.0 Å². The molecule has 16 heteroatoms. The Labute approximate surface area is 349 Å². The number of nitrogens with one attached hydrogen (secondary N) is 3. The van der Waals surface area contributed by atoms with Crippen LogP contribution in [0.15, 0.2) is 133 Å². The van der Waals surface area contributed by atoms with Crippen LogP contribution in [0, 0.1) is 6.92 Å². The van der Waals surface area contributed by atoms with Gasteiger partial charge in [0.15, 0.2) is 0 Å². The van der Waals surface area contributed by atoms with Crippen molar-refractivity contribution in [2.75, 3.05) is 13.2 Å². The number of alkyl carbamates (subject to hydrolysis) is 1. The zero-order chi connectivity index (χ0) is 42.7. The largest absolute Gasteiger partial charge is 0.459 e. The van der Waals surface area contributed by atoms with Crippen molar-refractivity contribution in [1.82, 2.24) is 24.9 Å². The third-order valence-corrected chi connectivity index (χ3v) is 10.9. The van der Waals surface area contributed by atoms with Crippen LogP contribution in [0.4, 0.5) is 4.79 Å². The number of imidazole rings is 1. The van der Waals surface area contributed by atoms with Crippen LogP contribution in [0.2, 0.25) is 0 Å². The molecule has 4 aromatic carbocycles. The minimum absolute atomic E-state index is 0.0391. The lowest BCUT2D eigenvalue weighted by molar-refractivity contribution is -0.149. The van der Waals surface area contributed by atoms with E-state index >= 15 is 0 Å². The molecule has 0 unspecified atom stereocenters. The molecule has 0 saturated carbocycles. The highest BCUT2D eigenvalue weighted by atomic mass is 32.2. The van der Waals surface area contributed by atoms with Crippen molar-refractivity contribution in [2.24, 2.45) is 5.73 Å². The lowest BCUT2D eigenvalue weighted by Crippen LogP contribution is -2.56. The molecule has 3 atom stereocenters. The summed E-state index contributed by atoms with van der Waals surface area (Å²) in [7, 11) is -4.02. The fraction of sp³-hybridized carbons (Fsp3) is 0.295. The summed E-state index contributed by atoms with van der Waals surface area (Å²) in [5, 5.41) is 8.05. The molecule has 0 spiro atoms. The maximum atomic E-state index is 14.1. The Morgan fingerprint density at radius 3 is 1.90 bits per heavy atom. The second-order valence-corrected chi connectivity index (χ2v) is 15.9. The number of hydrogen-bond acceptors (Lipinski definition) is 11. The van der Waals surface area contributed by atoms with Gasteiger partial charge in [-0.1, -0.05) is 109 Å². The summed E-state index contributed by atoms with van der Waals surface area (Å²) < 4.78 is 44.2. The maximum Gasteiger partial charge on any atom is 0.407 e. The summed E-state index contributed by atoms with van der Waals surface area (Å²) in [5.41, 5.74) is 9.68. The van der Waals surface area contributed by atoms with Crippen molar-refractivity contribution in [2.45, 2.75) is 75.4 Å². The van der Waals surface area contributed by atoms with Gasteiger partial charge < -0.3 is 35.9 Å². The average molecular weight is 839 g/mol. The number of hydrogen-bond donors (Lipinski definition) is 4. The topological polar surface area (TPSA) is 210 Å². The average Bonchev–Trinajstić information content (AvgIpc) is 3.75. The van der Waals surface area contributed by atoms with Crippen LogP contribution in [0.3, 0.4) is 0 Å². The number of unbranched alkanes of at least 4 members (excludes halogenated alkanes) is 1. The summed E-state index contributed by atoms with van der Waals surface area (Å²) in [6.45, 7) is 2.18. The van der Waals surface area contributed by atoms with E-state index in [4.69, 9.17) is 19.9 Å². The highest BCUT2D eigenvalue weighted by Gasteiger charge is 2.30. The number of aromatic nitrogens is 2. The van der Waals surface area contributed by atoms with E-state index in [0.29, 0.717) is 12.8 Å². The van der Waals surface area contributed by atoms with Gasteiger partial charge in [0.2, 0.25) is 11.8 Å². The van der Waals surface area contributed by atoms with E-state index in [1.54, 1.807) is 36.4 Å². The molecule has 0 aliphatic carbocycles. The van der Waals surface area contributed by atoms with Gasteiger partial charge in [0.1, 0.15) is 37.7 Å². The Morgan fingerprint density at radius 1 is 0.717 bits per heavy atom. The van der Waals surface area contributed by atoms with Crippen LogP contribution in [0.25, 0.3) is 0 Å². The second kappa shape index (κ2) is 22.7. The van der Waals surface area contributed by atoms with E-state index < -0.39 is 52.0 Å². The number of aryl methyl sites for hydroxylation is 1. The third kappa shape index (κ3) is 14.2. The molecule has 5 rings (SSSR count). The molecule has 0 saturated heterocycles. The SMILES string of the molecule is Cc1ccc(S(=O)(=O)n2cnc(C[C@H](NC(=O)[C@@H](N)COCc3ccccc3)C(=O)N[C@@H](CCCCNC(=O)OCc3ccccc3)C(=O)OCc3ccccc3)c2)cc1. The summed E-state index contributed by atoms with van der Waals surface area (Å²) in [6, 6.07) is 30.2. The molecule has 0 bridgehead atoms. The Kier molecular flexibility index (Phi) is 16.9. The lowest BCUT2D eigenvalue weighted by atomic mass is 10.1. The smallest absolute Gasteiger partial charge is 0.407 e. The van der Waals surface area contributed by atoms with Gasteiger partial charge in [-0.15, -0.1) is 0 Å². The van der Waals surface area contributed by atoms with E-state index in [-0.39, 0.29) is 56.4 Å². The van der Waals surface area contributed by atoms with E-state index in [9.17, 15) is 27.6 Å². The summed E-state index contributed by atoms with van der Waals surface area (Å²) >= 11 is 0. The number of carbonyl (C=O) groups excluding carboxylic acids is 4. The molecule has 0 fully saturated rings. The van der Waals surface area contributed by atoms with E-state index in [0.717, 1.165) is 32.6 Å². The normalized spacial score (nSPS) is 12.7. The molecular weight excluding hydrogens is 789 g/mol. The van der Waals surface area contributed by atoms with Crippen LogP contribution < -0.4 is 21.7 Å². The van der Waals surface area contributed by atoms with Crippen molar-refractivity contribution < 1.29 is 41.8 Å². The lowest BCUT2D eigenvalue weighted by Gasteiger charge is -2.23. The monoisotopic (exact) mass is 838 g/mol. The van der Waals surface area contributed by atoms with Crippen molar-refractivity contribution in [1.29, 1.82) is 0 Å². The molecule has 5 aromatic rings. The van der Waals surface area contributed by atoms with Gasteiger partial charge in [-0.25, -0.2) is 27.0 Å². The fourth-order valence-corrected chi connectivity index (χ4v) is 7.01. The van der Waals surface area contributed by atoms with Gasteiger partial charge in [0.05, 0.1) is 23.8 Å². The summed E-state index contributed by atoms with van der Waals surface area (Å²) in [6.07, 6.45) is 2.45. The zero-order valence-corrected chi connectivity index (χ0v) is 34.1. The van der Waals surface area contributed by atoms with Gasteiger partial charge in [0.25, 0.3) is 10.0 Å². The minimum atomic E-state index is -4.02.